The lowest BCUT2D eigenvalue weighted by Crippen LogP contribution is -2.44. The van der Waals surface area contributed by atoms with Crippen molar-refractivity contribution in [3.63, 3.8) is 0 Å². The number of aldehydes is 1. The van der Waals surface area contributed by atoms with E-state index < -0.39 is 0 Å². The summed E-state index contributed by atoms with van der Waals surface area (Å²) < 4.78 is 0. The maximum atomic E-state index is 10.3. The van der Waals surface area contributed by atoms with E-state index in [1.807, 2.05) is 0 Å². The number of hydrogen-bond donors (Lipinski definition) is 2. The van der Waals surface area contributed by atoms with Crippen molar-refractivity contribution < 1.29 is 20.4 Å². The molecule has 1 rings (SSSR count). The summed E-state index contributed by atoms with van der Waals surface area (Å²) in [6, 6.07) is 0. The SMILES string of the molecule is [NH2+]=C1C=C(C=O)C=C/C1=N/OO. The van der Waals surface area contributed by atoms with Gasteiger partial charge in [0.1, 0.15) is 6.29 Å². The van der Waals surface area contributed by atoms with Gasteiger partial charge in [0, 0.05) is 11.6 Å². The Bertz CT molecular complexity index is 302. The van der Waals surface area contributed by atoms with Crippen LogP contribution in [0.15, 0.2) is 29.0 Å². The van der Waals surface area contributed by atoms with E-state index in [2.05, 4.69) is 10.1 Å². The molecule has 1 aliphatic rings. The van der Waals surface area contributed by atoms with Crippen LogP contribution in [0.3, 0.4) is 0 Å². The Balaban J connectivity index is 2.89. The van der Waals surface area contributed by atoms with Crippen molar-refractivity contribution in [2.75, 3.05) is 0 Å². The van der Waals surface area contributed by atoms with Crippen molar-refractivity contribution >= 4 is 17.7 Å². The van der Waals surface area contributed by atoms with E-state index in [4.69, 9.17) is 10.7 Å². The second-order valence-corrected chi connectivity index (χ2v) is 2.11. The lowest BCUT2D eigenvalue weighted by Gasteiger charge is -1.98. The quantitative estimate of drug-likeness (QED) is 0.233. The van der Waals surface area contributed by atoms with Crippen LogP contribution in [0.4, 0.5) is 0 Å². The summed E-state index contributed by atoms with van der Waals surface area (Å²) in [6.07, 6.45) is 5.08. The summed E-state index contributed by atoms with van der Waals surface area (Å²) in [6.45, 7) is 0. The van der Waals surface area contributed by atoms with E-state index in [1.54, 1.807) is 0 Å². The first-order valence-electron chi connectivity index (χ1n) is 3.14. The van der Waals surface area contributed by atoms with Gasteiger partial charge >= 0.3 is 0 Å². The number of carbonyl (C=O) groups is 1. The molecule has 0 aromatic carbocycles. The molecule has 0 radical (unpaired) electrons. The Morgan fingerprint density at radius 2 is 2.33 bits per heavy atom. The predicted molar refractivity (Wildman–Crippen MR) is 41.4 cm³/mol. The lowest BCUT2D eigenvalue weighted by molar-refractivity contribution is -0.242. The second kappa shape index (κ2) is 3.59. The van der Waals surface area contributed by atoms with Crippen molar-refractivity contribution in [1.29, 1.82) is 0 Å². The van der Waals surface area contributed by atoms with Crippen molar-refractivity contribution in [3.8, 4) is 0 Å². The highest BCUT2D eigenvalue weighted by Crippen LogP contribution is 2.01. The minimum Gasteiger partial charge on any atom is -0.298 e. The van der Waals surface area contributed by atoms with Gasteiger partial charge in [0.2, 0.25) is 5.71 Å². The summed E-state index contributed by atoms with van der Waals surface area (Å²) in [5.41, 5.74) is 1.00. The van der Waals surface area contributed by atoms with Gasteiger partial charge in [-0.1, -0.05) is 0 Å². The van der Waals surface area contributed by atoms with Crippen LogP contribution in [0.2, 0.25) is 0 Å². The molecule has 3 N–H and O–H groups in total. The number of oxime groups is 1. The third-order valence-corrected chi connectivity index (χ3v) is 1.33. The van der Waals surface area contributed by atoms with Gasteiger partial charge in [-0.3, -0.25) is 10.2 Å². The Labute approximate surface area is 68.1 Å². The molecule has 0 heterocycles. The molecule has 5 heteroatoms. The monoisotopic (exact) mass is 167 g/mol. The van der Waals surface area contributed by atoms with Gasteiger partial charge in [0.05, 0.1) is 0 Å². The minimum atomic E-state index is 0.272. The predicted octanol–water partition coefficient (Wildman–Crippen LogP) is -1.27. The normalized spacial score (nSPS) is 19.2. The second-order valence-electron chi connectivity index (χ2n) is 2.11. The van der Waals surface area contributed by atoms with Crippen LogP contribution in [-0.2, 0) is 9.78 Å². The zero-order valence-electron chi connectivity index (χ0n) is 6.10. The molecule has 0 saturated carbocycles. The van der Waals surface area contributed by atoms with E-state index in [-0.39, 0.29) is 11.4 Å². The fourth-order valence-electron chi connectivity index (χ4n) is 0.773. The summed E-state index contributed by atoms with van der Waals surface area (Å²) in [7, 11) is 0. The van der Waals surface area contributed by atoms with Crippen LogP contribution in [0.5, 0.6) is 0 Å². The van der Waals surface area contributed by atoms with Crippen molar-refractivity contribution in [1.82, 2.24) is 0 Å². The maximum absolute atomic E-state index is 10.3. The summed E-state index contributed by atoms with van der Waals surface area (Å²) in [5.74, 6) is 0. The number of hydrogen-bond acceptors (Lipinski definition) is 4. The van der Waals surface area contributed by atoms with E-state index in [1.165, 1.54) is 18.2 Å². The smallest absolute Gasteiger partial charge is 0.226 e. The first kappa shape index (κ1) is 8.35. The molecule has 0 bridgehead atoms. The number of rotatable bonds is 2. The van der Waals surface area contributed by atoms with E-state index in [0.717, 1.165) is 0 Å². The van der Waals surface area contributed by atoms with Crippen LogP contribution in [-0.4, -0.2) is 23.0 Å². The molecular weight excluding hydrogens is 160 g/mol. The zero-order chi connectivity index (χ0) is 8.97. The summed E-state index contributed by atoms with van der Waals surface area (Å²) in [4.78, 5) is 13.8. The van der Waals surface area contributed by atoms with Crippen LogP contribution < -0.4 is 5.41 Å². The fourth-order valence-corrected chi connectivity index (χ4v) is 0.773. The standard InChI is InChI=1S/C7H6N2O3/c8-6-3-5(4-10)1-2-7(6)9-12-11/h1-4,8,11H/p+1/b8-6?,9-7-. The van der Waals surface area contributed by atoms with Crippen molar-refractivity contribution in [2.24, 2.45) is 5.16 Å². The number of nitrogens with two attached hydrogens (primary N) is 1. The van der Waals surface area contributed by atoms with E-state index >= 15 is 0 Å². The topological polar surface area (TPSA) is 84.5 Å². The molecule has 0 unspecified atom stereocenters. The molecule has 5 nitrogen and oxygen atoms in total. The molecule has 0 aromatic rings. The molecule has 0 fully saturated rings. The molecule has 0 spiro atoms. The fraction of sp³-hybridized carbons (Fsp3) is 0. The minimum absolute atomic E-state index is 0.272. The van der Waals surface area contributed by atoms with Gasteiger partial charge in [-0.15, -0.1) is 0 Å². The molecule has 0 amide bonds. The number of nitrogens with zero attached hydrogens (tertiary/aromatic N) is 1. The molecule has 12 heavy (non-hydrogen) atoms. The highest BCUT2D eigenvalue weighted by atomic mass is 17.2. The van der Waals surface area contributed by atoms with Gasteiger partial charge < -0.3 is 0 Å². The lowest BCUT2D eigenvalue weighted by atomic mass is 10.1. The Morgan fingerprint density at radius 1 is 1.58 bits per heavy atom. The van der Waals surface area contributed by atoms with E-state index in [9.17, 15) is 4.79 Å². The maximum Gasteiger partial charge on any atom is 0.226 e. The van der Waals surface area contributed by atoms with Gasteiger partial charge in [0.25, 0.3) is 0 Å². The first-order chi connectivity index (χ1) is 5.77. The molecule has 0 aliphatic heterocycles. The van der Waals surface area contributed by atoms with Crippen molar-refractivity contribution in [2.45, 2.75) is 0 Å². The van der Waals surface area contributed by atoms with E-state index in [0.29, 0.717) is 11.9 Å². The van der Waals surface area contributed by atoms with Crippen molar-refractivity contribution in [3.05, 3.63) is 23.8 Å². The molecule has 0 saturated heterocycles. The van der Waals surface area contributed by atoms with Gasteiger partial charge in [-0.05, 0) is 17.3 Å². The van der Waals surface area contributed by atoms with Gasteiger partial charge in [0.15, 0.2) is 5.71 Å². The molecule has 0 aromatic heterocycles. The molecular formula is C7H7N2O3+. The van der Waals surface area contributed by atoms with Gasteiger partial charge in [-0.25, -0.2) is 4.99 Å². The van der Waals surface area contributed by atoms with Crippen LogP contribution in [0.25, 0.3) is 0 Å². The Kier molecular flexibility index (Phi) is 2.49. The third kappa shape index (κ3) is 1.64. The zero-order valence-corrected chi connectivity index (χ0v) is 6.10. The van der Waals surface area contributed by atoms with Crippen LogP contribution in [0, 0.1) is 0 Å². The highest BCUT2D eigenvalue weighted by molar-refractivity contribution is 6.49. The largest absolute Gasteiger partial charge is 0.298 e. The van der Waals surface area contributed by atoms with Crippen LogP contribution in [0.1, 0.15) is 0 Å². The first-order valence-corrected chi connectivity index (χ1v) is 3.14. The average Bonchev–Trinajstić information content (AvgIpc) is 2.09. The number of allylic oxidation sites excluding steroid dienone is 4. The highest BCUT2D eigenvalue weighted by Gasteiger charge is 2.13. The summed E-state index contributed by atoms with van der Waals surface area (Å²) in [5, 5.41) is 16.6. The molecule has 1 aliphatic carbocycles. The molecule has 0 atom stereocenters. The van der Waals surface area contributed by atoms with Crippen LogP contribution >= 0.6 is 0 Å². The number of carbonyl (C=O) groups excluding carboxylic acids is 1. The average molecular weight is 167 g/mol. The third-order valence-electron chi connectivity index (χ3n) is 1.33. The van der Waals surface area contributed by atoms with Gasteiger partial charge in [-0.2, -0.15) is 5.26 Å². The Morgan fingerprint density at radius 3 is 2.83 bits per heavy atom. The molecule has 62 valence electrons. The Hall–Kier alpha value is -1.75. The summed E-state index contributed by atoms with van der Waals surface area (Å²) >= 11 is 0.